The SMILES string of the molecule is CN(CC1(O)CCOCC1)C(=O)c1ccc2c(c1)CCO2. The van der Waals surface area contributed by atoms with Gasteiger partial charge in [0, 0.05) is 51.6 Å². The predicted molar refractivity (Wildman–Crippen MR) is 77.6 cm³/mol. The zero-order chi connectivity index (χ0) is 14.9. The second-order valence-corrected chi connectivity index (χ2v) is 5.92. The van der Waals surface area contributed by atoms with E-state index in [9.17, 15) is 9.90 Å². The van der Waals surface area contributed by atoms with E-state index in [2.05, 4.69) is 0 Å². The molecule has 114 valence electrons. The average molecular weight is 291 g/mol. The van der Waals surface area contributed by atoms with Gasteiger partial charge in [-0.15, -0.1) is 0 Å². The van der Waals surface area contributed by atoms with E-state index in [1.807, 2.05) is 12.1 Å². The largest absolute Gasteiger partial charge is 0.493 e. The zero-order valence-corrected chi connectivity index (χ0v) is 12.3. The van der Waals surface area contributed by atoms with Crippen LogP contribution in [0.1, 0.15) is 28.8 Å². The highest BCUT2D eigenvalue weighted by Gasteiger charge is 2.32. The summed E-state index contributed by atoms with van der Waals surface area (Å²) in [5, 5.41) is 10.5. The van der Waals surface area contributed by atoms with E-state index < -0.39 is 5.60 Å². The minimum Gasteiger partial charge on any atom is -0.493 e. The Morgan fingerprint density at radius 1 is 1.33 bits per heavy atom. The molecule has 0 unspecified atom stereocenters. The van der Waals surface area contributed by atoms with E-state index >= 15 is 0 Å². The molecule has 1 saturated heterocycles. The number of aliphatic hydroxyl groups is 1. The van der Waals surface area contributed by atoms with Crippen molar-refractivity contribution in [1.29, 1.82) is 0 Å². The fourth-order valence-electron chi connectivity index (χ4n) is 2.96. The highest BCUT2D eigenvalue weighted by molar-refractivity contribution is 5.94. The molecular weight excluding hydrogens is 270 g/mol. The topological polar surface area (TPSA) is 59.0 Å². The second-order valence-electron chi connectivity index (χ2n) is 5.92. The molecule has 0 bridgehead atoms. The normalized spacial score (nSPS) is 19.7. The Kier molecular flexibility index (Phi) is 3.87. The third kappa shape index (κ3) is 3.04. The Bertz CT molecular complexity index is 537. The molecule has 2 heterocycles. The summed E-state index contributed by atoms with van der Waals surface area (Å²) in [6.07, 6.45) is 1.99. The number of carbonyl (C=O) groups is 1. The molecule has 3 rings (SSSR count). The van der Waals surface area contributed by atoms with E-state index in [4.69, 9.17) is 9.47 Å². The Hall–Kier alpha value is -1.59. The highest BCUT2D eigenvalue weighted by Crippen LogP contribution is 2.27. The van der Waals surface area contributed by atoms with Crippen molar-refractivity contribution < 1.29 is 19.4 Å². The fourth-order valence-corrected chi connectivity index (χ4v) is 2.96. The smallest absolute Gasteiger partial charge is 0.253 e. The van der Waals surface area contributed by atoms with Crippen LogP contribution < -0.4 is 4.74 Å². The molecule has 5 nitrogen and oxygen atoms in total. The lowest BCUT2D eigenvalue weighted by molar-refractivity contribution is -0.0734. The number of carbonyl (C=O) groups excluding carboxylic acids is 1. The van der Waals surface area contributed by atoms with Gasteiger partial charge in [0.25, 0.3) is 5.91 Å². The number of benzene rings is 1. The van der Waals surface area contributed by atoms with Gasteiger partial charge in [0.15, 0.2) is 0 Å². The molecule has 0 atom stereocenters. The quantitative estimate of drug-likeness (QED) is 0.910. The monoisotopic (exact) mass is 291 g/mol. The average Bonchev–Trinajstić information content (AvgIpc) is 2.94. The first-order valence-electron chi connectivity index (χ1n) is 7.39. The summed E-state index contributed by atoms with van der Waals surface area (Å²) in [5.74, 6) is 0.807. The van der Waals surface area contributed by atoms with Crippen LogP contribution in [0, 0.1) is 0 Å². The molecule has 0 spiro atoms. The molecule has 21 heavy (non-hydrogen) atoms. The number of hydrogen-bond acceptors (Lipinski definition) is 4. The third-order valence-electron chi connectivity index (χ3n) is 4.24. The molecular formula is C16H21NO4. The summed E-state index contributed by atoms with van der Waals surface area (Å²) in [7, 11) is 1.74. The summed E-state index contributed by atoms with van der Waals surface area (Å²) >= 11 is 0. The van der Waals surface area contributed by atoms with Gasteiger partial charge in [-0.3, -0.25) is 4.79 Å². The summed E-state index contributed by atoms with van der Waals surface area (Å²) in [6, 6.07) is 5.54. The molecule has 1 aromatic rings. The summed E-state index contributed by atoms with van der Waals surface area (Å²) in [4.78, 5) is 14.1. The number of nitrogens with zero attached hydrogens (tertiary/aromatic N) is 1. The molecule has 1 N–H and O–H groups in total. The van der Waals surface area contributed by atoms with Gasteiger partial charge in [0.2, 0.25) is 0 Å². The molecule has 1 amide bonds. The molecule has 2 aliphatic rings. The Morgan fingerprint density at radius 3 is 2.86 bits per heavy atom. The van der Waals surface area contributed by atoms with Gasteiger partial charge in [0.05, 0.1) is 12.2 Å². The number of ether oxygens (including phenoxy) is 2. The van der Waals surface area contributed by atoms with Crippen molar-refractivity contribution in [2.75, 3.05) is 33.4 Å². The minimum atomic E-state index is -0.831. The highest BCUT2D eigenvalue weighted by atomic mass is 16.5. The van der Waals surface area contributed by atoms with Crippen molar-refractivity contribution in [3.05, 3.63) is 29.3 Å². The van der Waals surface area contributed by atoms with Gasteiger partial charge in [-0.05, 0) is 23.8 Å². The van der Waals surface area contributed by atoms with Crippen molar-refractivity contribution in [2.24, 2.45) is 0 Å². The summed E-state index contributed by atoms with van der Waals surface area (Å²) in [6.45, 7) is 2.12. The van der Waals surface area contributed by atoms with Gasteiger partial charge in [-0.1, -0.05) is 0 Å². The van der Waals surface area contributed by atoms with Crippen molar-refractivity contribution in [3.8, 4) is 5.75 Å². The van der Waals surface area contributed by atoms with Gasteiger partial charge in [-0.2, -0.15) is 0 Å². The van der Waals surface area contributed by atoms with Crippen LogP contribution in [-0.4, -0.2) is 54.9 Å². The van der Waals surface area contributed by atoms with Gasteiger partial charge >= 0.3 is 0 Å². The van der Waals surface area contributed by atoms with Crippen molar-refractivity contribution in [1.82, 2.24) is 4.90 Å². The van der Waals surface area contributed by atoms with E-state index in [-0.39, 0.29) is 5.91 Å². The van der Waals surface area contributed by atoms with Crippen molar-refractivity contribution in [2.45, 2.75) is 24.9 Å². The van der Waals surface area contributed by atoms with Gasteiger partial charge in [0.1, 0.15) is 5.75 Å². The lowest BCUT2D eigenvalue weighted by atomic mass is 9.93. The van der Waals surface area contributed by atoms with E-state index in [1.54, 1.807) is 18.0 Å². The van der Waals surface area contributed by atoms with Crippen LogP contribution in [0.25, 0.3) is 0 Å². The number of fused-ring (bicyclic) bond motifs is 1. The van der Waals surface area contributed by atoms with Crippen LogP contribution >= 0.6 is 0 Å². The molecule has 2 aliphatic heterocycles. The summed E-state index contributed by atoms with van der Waals surface area (Å²) in [5.41, 5.74) is 0.902. The molecule has 0 radical (unpaired) electrons. The maximum Gasteiger partial charge on any atom is 0.253 e. The fraction of sp³-hybridized carbons (Fsp3) is 0.562. The van der Waals surface area contributed by atoms with E-state index in [0.29, 0.717) is 44.8 Å². The maximum absolute atomic E-state index is 12.5. The lowest BCUT2D eigenvalue weighted by Crippen LogP contribution is -2.47. The van der Waals surface area contributed by atoms with Gasteiger partial charge in [-0.25, -0.2) is 0 Å². The minimum absolute atomic E-state index is 0.0652. The molecule has 0 aliphatic carbocycles. The molecule has 0 saturated carbocycles. The van der Waals surface area contributed by atoms with Crippen molar-refractivity contribution >= 4 is 5.91 Å². The predicted octanol–water partition coefficient (Wildman–Crippen LogP) is 1.23. The molecule has 5 heteroatoms. The lowest BCUT2D eigenvalue weighted by Gasteiger charge is -2.35. The number of rotatable bonds is 3. The van der Waals surface area contributed by atoms with E-state index in [0.717, 1.165) is 17.7 Å². The van der Waals surface area contributed by atoms with Crippen LogP contribution in [0.2, 0.25) is 0 Å². The molecule has 0 aromatic heterocycles. The zero-order valence-electron chi connectivity index (χ0n) is 12.3. The summed E-state index contributed by atoms with van der Waals surface area (Å²) < 4.78 is 10.7. The standard InChI is InChI=1S/C16H21NO4/c1-17(11-16(19)5-8-20-9-6-16)15(18)13-2-3-14-12(10-13)4-7-21-14/h2-3,10,19H,4-9,11H2,1H3. The van der Waals surface area contributed by atoms with Crippen LogP contribution in [0.3, 0.4) is 0 Å². The number of likely N-dealkylation sites (N-methyl/N-ethyl adjacent to an activating group) is 1. The number of hydrogen-bond donors (Lipinski definition) is 1. The van der Waals surface area contributed by atoms with Crippen LogP contribution in [0.5, 0.6) is 5.75 Å². The molecule has 1 aromatic carbocycles. The number of amides is 1. The third-order valence-corrected chi connectivity index (χ3v) is 4.24. The first-order chi connectivity index (χ1) is 10.1. The maximum atomic E-state index is 12.5. The van der Waals surface area contributed by atoms with Gasteiger partial charge < -0.3 is 19.5 Å². The van der Waals surface area contributed by atoms with Crippen molar-refractivity contribution in [3.63, 3.8) is 0 Å². The first-order valence-corrected chi connectivity index (χ1v) is 7.39. The Morgan fingerprint density at radius 2 is 2.10 bits per heavy atom. The van der Waals surface area contributed by atoms with Crippen LogP contribution in [0.4, 0.5) is 0 Å². The van der Waals surface area contributed by atoms with Crippen LogP contribution in [0.15, 0.2) is 18.2 Å². The van der Waals surface area contributed by atoms with E-state index in [1.165, 1.54) is 0 Å². The Labute approximate surface area is 124 Å². The van der Waals surface area contributed by atoms with Crippen LogP contribution in [-0.2, 0) is 11.2 Å². The first kappa shape index (κ1) is 14.4. The molecule has 1 fully saturated rings. The second kappa shape index (κ2) is 5.66. The Balaban J connectivity index is 1.69.